The Bertz CT molecular complexity index is 680. The molecule has 4 nitrogen and oxygen atoms in total. The predicted octanol–water partition coefficient (Wildman–Crippen LogP) is 2.84. The van der Waals surface area contributed by atoms with Crippen molar-refractivity contribution in [2.24, 2.45) is 5.73 Å². The van der Waals surface area contributed by atoms with Crippen LogP contribution in [0.1, 0.15) is 34.5 Å². The molecule has 22 heavy (non-hydrogen) atoms. The van der Waals surface area contributed by atoms with Crippen LogP contribution in [0.25, 0.3) is 0 Å². The molecule has 5 heteroatoms. The smallest absolute Gasteiger partial charge is 0.226 e. The number of rotatable bonds is 4. The number of aromatic nitrogens is 1. The van der Waals surface area contributed by atoms with E-state index in [1.807, 2.05) is 12.1 Å². The lowest BCUT2D eigenvalue weighted by atomic mass is 9.99. The van der Waals surface area contributed by atoms with Crippen molar-refractivity contribution >= 4 is 22.4 Å². The van der Waals surface area contributed by atoms with Gasteiger partial charge >= 0.3 is 0 Å². The zero-order valence-corrected chi connectivity index (χ0v) is 13.6. The molecule has 1 aromatic heterocycles. The molecule has 3 N–H and O–H groups in total. The molecule has 1 aliphatic carbocycles. The van der Waals surface area contributed by atoms with Crippen LogP contribution in [-0.4, -0.2) is 16.9 Å². The van der Waals surface area contributed by atoms with Crippen LogP contribution in [0.4, 0.5) is 5.13 Å². The van der Waals surface area contributed by atoms with Crippen LogP contribution in [0, 0.1) is 6.92 Å². The van der Waals surface area contributed by atoms with Gasteiger partial charge in [0.2, 0.25) is 5.91 Å². The number of hydrogen-bond acceptors (Lipinski definition) is 4. The molecule has 0 saturated heterocycles. The van der Waals surface area contributed by atoms with Crippen LogP contribution >= 0.6 is 11.3 Å². The minimum absolute atomic E-state index is 0.0265. The molecule has 3 rings (SSSR count). The Labute approximate surface area is 134 Å². The van der Waals surface area contributed by atoms with Gasteiger partial charge in [0, 0.05) is 17.3 Å². The van der Waals surface area contributed by atoms with Crippen LogP contribution in [-0.2, 0) is 24.1 Å². The van der Waals surface area contributed by atoms with E-state index in [-0.39, 0.29) is 11.9 Å². The summed E-state index contributed by atoms with van der Waals surface area (Å²) in [6.45, 7) is 2.07. The van der Waals surface area contributed by atoms with E-state index in [4.69, 9.17) is 5.73 Å². The lowest BCUT2D eigenvalue weighted by Gasteiger charge is -2.15. The van der Waals surface area contributed by atoms with E-state index in [2.05, 4.69) is 29.4 Å². The number of fused-ring (bicyclic) bond motifs is 1. The van der Waals surface area contributed by atoms with Gasteiger partial charge in [-0.15, -0.1) is 11.3 Å². The Hall–Kier alpha value is -1.72. The Morgan fingerprint density at radius 3 is 3.09 bits per heavy atom. The van der Waals surface area contributed by atoms with E-state index in [0.29, 0.717) is 11.6 Å². The Morgan fingerprint density at radius 2 is 2.27 bits per heavy atom. The summed E-state index contributed by atoms with van der Waals surface area (Å²) in [5.41, 5.74) is 9.54. The maximum absolute atomic E-state index is 12.1. The van der Waals surface area contributed by atoms with E-state index < -0.39 is 0 Å². The third-order valence-corrected chi connectivity index (χ3v) is 5.14. The van der Waals surface area contributed by atoms with Gasteiger partial charge in [0.05, 0.1) is 5.69 Å². The fourth-order valence-electron chi connectivity index (χ4n) is 2.77. The SMILES string of the molecule is Cc1ccccc1CCC(=O)Nc1nc2c(s1)C[C@@H](N)CC2. The van der Waals surface area contributed by atoms with Gasteiger partial charge in [-0.25, -0.2) is 4.98 Å². The van der Waals surface area contributed by atoms with Gasteiger partial charge in [-0.2, -0.15) is 0 Å². The molecule has 116 valence electrons. The normalized spacial score (nSPS) is 17.1. The lowest BCUT2D eigenvalue weighted by molar-refractivity contribution is -0.116. The Balaban J connectivity index is 1.57. The lowest BCUT2D eigenvalue weighted by Crippen LogP contribution is -2.27. The predicted molar refractivity (Wildman–Crippen MR) is 90.2 cm³/mol. The average Bonchev–Trinajstić information content (AvgIpc) is 2.87. The Morgan fingerprint density at radius 1 is 1.45 bits per heavy atom. The van der Waals surface area contributed by atoms with Gasteiger partial charge in [0.1, 0.15) is 0 Å². The third-order valence-electron chi connectivity index (χ3n) is 4.11. The molecule has 1 atom stereocenters. The molecular formula is C17H21N3OS. The van der Waals surface area contributed by atoms with Crippen molar-refractivity contribution in [1.82, 2.24) is 4.98 Å². The second-order valence-corrected chi connectivity index (χ2v) is 6.95. The first-order chi connectivity index (χ1) is 10.6. The van der Waals surface area contributed by atoms with Crippen molar-refractivity contribution in [3.8, 4) is 0 Å². The van der Waals surface area contributed by atoms with Crippen LogP contribution in [0.5, 0.6) is 0 Å². The second-order valence-electron chi connectivity index (χ2n) is 5.87. The van der Waals surface area contributed by atoms with E-state index >= 15 is 0 Å². The van der Waals surface area contributed by atoms with E-state index in [0.717, 1.165) is 31.4 Å². The minimum atomic E-state index is 0.0265. The summed E-state index contributed by atoms with van der Waals surface area (Å²) in [6, 6.07) is 8.41. The van der Waals surface area contributed by atoms with Gasteiger partial charge in [-0.1, -0.05) is 24.3 Å². The quantitative estimate of drug-likeness (QED) is 0.911. The molecule has 1 aliphatic rings. The molecule has 0 bridgehead atoms. The first-order valence-corrected chi connectivity index (χ1v) is 8.52. The van der Waals surface area contributed by atoms with E-state index in [1.54, 1.807) is 11.3 Å². The molecule has 0 radical (unpaired) electrons. The number of carbonyl (C=O) groups is 1. The molecule has 0 spiro atoms. The number of aryl methyl sites for hydroxylation is 3. The highest BCUT2D eigenvalue weighted by Crippen LogP contribution is 2.29. The van der Waals surface area contributed by atoms with Gasteiger partial charge < -0.3 is 11.1 Å². The summed E-state index contributed by atoms with van der Waals surface area (Å²) >= 11 is 1.57. The monoisotopic (exact) mass is 315 g/mol. The standard InChI is InChI=1S/C17H21N3OS/c1-11-4-2-3-5-12(11)6-9-16(21)20-17-19-14-8-7-13(18)10-15(14)22-17/h2-5,13H,6-10,18H2,1H3,(H,19,20,21)/t13-/m0/s1. The molecule has 0 fully saturated rings. The molecule has 1 amide bonds. The van der Waals surface area contributed by atoms with E-state index in [9.17, 15) is 4.79 Å². The molecule has 0 unspecified atom stereocenters. The van der Waals surface area contributed by atoms with Crippen molar-refractivity contribution in [2.75, 3.05) is 5.32 Å². The first kappa shape index (κ1) is 15.2. The van der Waals surface area contributed by atoms with Crippen molar-refractivity contribution in [1.29, 1.82) is 0 Å². The summed E-state index contributed by atoms with van der Waals surface area (Å²) in [6.07, 6.45) is 4.03. The molecule has 0 aliphatic heterocycles. The van der Waals surface area contributed by atoms with Crippen LogP contribution in [0.15, 0.2) is 24.3 Å². The number of carbonyl (C=O) groups excluding carboxylic acids is 1. The van der Waals surface area contributed by atoms with Crippen LogP contribution in [0.2, 0.25) is 0 Å². The van der Waals surface area contributed by atoms with Crippen molar-refractivity contribution in [2.45, 2.75) is 45.1 Å². The maximum atomic E-state index is 12.1. The maximum Gasteiger partial charge on any atom is 0.226 e. The first-order valence-electron chi connectivity index (χ1n) is 7.70. The van der Waals surface area contributed by atoms with Crippen LogP contribution in [0.3, 0.4) is 0 Å². The zero-order chi connectivity index (χ0) is 15.5. The van der Waals surface area contributed by atoms with Gasteiger partial charge in [0.25, 0.3) is 0 Å². The highest BCUT2D eigenvalue weighted by atomic mass is 32.1. The van der Waals surface area contributed by atoms with E-state index in [1.165, 1.54) is 16.0 Å². The fraction of sp³-hybridized carbons (Fsp3) is 0.412. The largest absolute Gasteiger partial charge is 0.327 e. The summed E-state index contributed by atoms with van der Waals surface area (Å²) in [4.78, 5) is 17.9. The van der Waals surface area contributed by atoms with Gasteiger partial charge in [-0.05, 0) is 43.7 Å². The number of amides is 1. The number of nitrogens with zero attached hydrogens (tertiary/aromatic N) is 1. The fourth-order valence-corrected chi connectivity index (χ4v) is 3.89. The molecular weight excluding hydrogens is 294 g/mol. The molecule has 1 heterocycles. The number of thiazole rings is 1. The van der Waals surface area contributed by atoms with Crippen molar-refractivity contribution in [3.63, 3.8) is 0 Å². The molecule has 1 aromatic carbocycles. The van der Waals surface area contributed by atoms with Crippen molar-refractivity contribution in [3.05, 3.63) is 46.0 Å². The zero-order valence-electron chi connectivity index (χ0n) is 12.8. The summed E-state index contributed by atoms with van der Waals surface area (Å²) in [5.74, 6) is 0.0265. The van der Waals surface area contributed by atoms with Crippen molar-refractivity contribution < 1.29 is 4.79 Å². The summed E-state index contributed by atoms with van der Waals surface area (Å²) in [7, 11) is 0. The molecule has 0 saturated carbocycles. The second kappa shape index (κ2) is 6.58. The highest BCUT2D eigenvalue weighted by molar-refractivity contribution is 7.15. The number of anilines is 1. The third kappa shape index (κ3) is 3.54. The van der Waals surface area contributed by atoms with Gasteiger partial charge in [0.15, 0.2) is 5.13 Å². The molecule has 2 aromatic rings. The highest BCUT2D eigenvalue weighted by Gasteiger charge is 2.20. The number of benzene rings is 1. The minimum Gasteiger partial charge on any atom is -0.327 e. The average molecular weight is 315 g/mol. The Kier molecular flexibility index (Phi) is 4.55. The number of hydrogen-bond donors (Lipinski definition) is 2. The number of nitrogens with one attached hydrogen (secondary N) is 1. The van der Waals surface area contributed by atoms with Crippen LogP contribution < -0.4 is 11.1 Å². The number of nitrogens with two attached hydrogens (primary N) is 1. The summed E-state index contributed by atoms with van der Waals surface area (Å²) in [5, 5.41) is 3.65. The topological polar surface area (TPSA) is 68.0 Å². The van der Waals surface area contributed by atoms with Gasteiger partial charge in [-0.3, -0.25) is 4.79 Å². The summed E-state index contributed by atoms with van der Waals surface area (Å²) < 4.78 is 0.